The van der Waals surface area contributed by atoms with Crippen molar-refractivity contribution in [1.82, 2.24) is 0 Å². The van der Waals surface area contributed by atoms with Gasteiger partial charge in [-0.05, 0) is 54.2 Å². The van der Waals surface area contributed by atoms with Gasteiger partial charge in [-0.25, -0.2) is 0 Å². The van der Waals surface area contributed by atoms with Gasteiger partial charge in [0.25, 0.3) is 0 Å². The average Bonchev–Trinajstić information content (AvgIpc) is 2.38. The molecule has 0 atom stereocenters. The lowest BCUT2D eigenvalue weighted by molar-refractivity contribution is 0.317. The molecule has 0 aliphatic heterocycles. The molecule has 1 aromatic carbocycles. The van der Waals surface area contributed by atoms with E-state index in [1.807, 2.05) is 0 Å². The largest absolute Gasteiger partial charge is 0.0613 e. The zero-order valence-corrected chi connectivity index (χ0v) is 10.3. The molecule has 1 aliphatic carbocycles. The van der Waals surface area contributed by atoms with Gasteiger partial charge in [0.1, 0.15) is 0 Å². The molecule has 1 aromatic rings. The van der Waals surface area contributed by atoms with Crippen LogP contribution in [0.5, 0.6) is 0 Å². The van der Waals surface area contributed by atoms with E-state index in [-0.39, 0.29) is 0 Å². The molecular weight excluding hydrogens is 180 g/mol. The summed E-state index contributed by atoms with van der Waals surface area (Å²) in [5.41, 5.74) is 5.23. The van der Waals surface area contributed by atoms with E-state index in [1.54, 1.807) is 11.1 Å². The third-order valence-electron chi connectivity index (χ3n) is 3.82. The molecule has 0 unspecified atom stereocenters. The third-order valence-corrected chi connectivity index (χ3v) is 3.82. The Morgan fingerprint density at radius 1 is 1.07 bits per heavy atom. The summed E-state index contributed by atoms with van der Waals surface area (Å²) in [5.74, 6) is 0. The van der Waals surface area contributed by atoms with Crippen LogP contribution in [0.2, 0.25) is 0 Å². The predicted octanol–water partition coefficient (Wildman–Crippen LogP) is 4.15. The highest BCUT2D eigenvalue weighted by Crippen LogP contribution is 2.33. The van der Waals surface area contributed by atoms with E-state index < -0.39 is 0 Å². The summed E-state index contributed by atoms with van der Waals surface area (Å²) in [4.78, 5) is 0. The van der Waals surface area contributed by atoms with Gasteiger partial charge in [-0.3, -0.25) is 0 Å². The molecule has 0 radical (unpaired) electrons. The number of fused-ring (bicyclic) bond motifs is 1. The first-order valence-corrected chi connectivity index (χ1v) is 6.21. The van der Waals surface area contributed by atoms with Crippen molar-refractivity contribution in [3.05, 3.63) is 34.9 Å². The molecule has 0 nitrogen and oxygen atoms in total. The lowest BCUT2D eigenvalue weighted by Gasteiger charge is -2.21. The summed E-state index contributed by atoms with van der Waals surface area (Å²) >= 11 is 0. The van der Waals surface area contributed by atoms with Crippen molar-refractivity contribution in [1.29, 1.82) is 0 Å². The minimum absolute atomic E-state index is 0.533. The van der Waals surface area contributed by atoms with Gasteiger partial charge in [-0.2, -0.15) is 0 Å². The highest BCUT2D eigenvalue weighted by Gasteiger charge is 2.22. The Bertz CT molecular complexity index is 347. The Morgan fingerprint density at radius 2 is 1.73 bits per heavy atom. The molecule has 82 valence electrons. The van der Waals surface area contributed by atoms with Crippen LogP contribution in [0, 0.1) is 5.41 Å². The topological polar surface area (TPSA) is 0 Å². The van der Waals surface area contributed by atoms with Crippen LogP contribution in [-0.2, 0) is 19.3 Å². The second kappa shape index (κ2) is 4.00. The van der Waals surface area contributed by atoms with Crippen LogP contribution < -0.4 is 0 Å². The number of aryl methyl sites for hydroxylation is 3. The Morgan fingerprint density at radius 3 is 2.40 bits per heavy atom. The fraction of sp³-hybridized carbons (Fsp3) is 0.600. The standard InChI is InChI=1S/C15H22/c1-4-12-5-6-13-7-9-15(2,3)10-8-14(13)11-12/h5-6,11H,4,7-10H2,1-3H3. The molecule has 0 N–H and O–H groups in total. The van der Waals surface area contributed by atoms with E-state index in [0.717, 1.165) is 6.42 Å². The van der Waals surface area contributed by atoms with Gasteiger partial charge in [0, 0.05) is 0 Å². The predicted molar refractivity (Wildman–Crippen MR) is 66.2 cm³/mol. The average molecular weight is 202 g/mol. The SMILES string of the molecule is CCc1ccc2c(c1)CCC(C)(C)CC2. The van der Waals surface area contributed by atoms with Gasteiger partial charge in [0.05, 0.1) is 0 Å². The van der Waals surface area contributed by atoms with Crippen molar-refractivity contribution in [2.45, 2.75) is 52.9 Å². The first-order chi connectivity index (χ1) is 7.11. The van der Waals surface area contributed by atoms with E-state index in [0.29, 0.717) is 5.41 Å². The summed E-state index contributed by atoms with van der Waals surface area (Å²) in [6.07, 6.45) is 6.39. The van der Waals surface area contributed by atoms with Crippen molar-refractivity contribution in [3.8, 4) is 0 Å². The molecule has 1 aliphatic rings. The maximum Gasteiger partial charge on any atom is -0.0271 e. The minimum atomic E-state index is 0.533. The molecule has 0 amide bonds. The maximum absolute atomic E-state index is 2.43. The number of rotatable bonds is 1. The van der Waals surface area contributed by atoms with Crippen LogP contribution in [0.3, 0.4) is 0 Å². The normalized spacial score (nSPS) is 19.4. The number of hydrogen-bond acceptors (Lipinski definition) is 0. The van der Waals surface area contributed by atoms with Gasteiger partial charge < -0.3 is 0 Å². The first-order valence-electron chi connectivity index (χ1n) is 6.21. The number of benzene rings is 1. The summed E-state index contributed by atoms with van der Waals surface area (Å²) in [6, 6.07) is 7.09. The summed E-state index contributed by atoms with van der Waals surface area (Å²) in [7, 11) is 0. The van der Waals surface area contributed by atoms with Crippen molar-refractivity contribution >= 4 is 0 Å². The van der Waals surface area contributed by atoms with E-state index >= 15 is 0 Å². The zero-order chi connectivity index (χ0) is 10.9. The molecule has 15 heavy (non-hydrogen) atoms. The molecule has 2 rings (SSSR count). The van der Waals surface area contributed by atoms with Gasteiger partial charge in [0.2, 0.25) is 0 Å². The molecule has 0 fully saturated rings. The molecule has 0 heterocycles. The molecule has 0 spiro atoms. The highest BCUT2D eigenvalue weighted by molar-refractivity contribution is 5.33. The van der Waals surface area contributed by atoms with Crippen molar-refractivity contribution < 1.29 is 0 Å². The second-order valence-electron chi connectivity index (χ2n) is 5.62. The Kier molecular flexibility index (Phi) is 2.86. The van der Waals surface area contributed by atoms with Crippen LogP contribution in [0.25, 0.3) is 0 Å². The van der Waals surface area contributed by atoms with E-state index in [2.05, 4.69) is 39.0 Å². The highest BCUT2D eigenvalue weighted by atomic mass is 14.3. The lowest BCUT2D eigenvalue weighted by Crippen LogP contribution is -2.10. The fourth-order valence-corrected chi connectivity index (χ4v) is 2.45. The molecule has 0 heteroatoms. The van der Waals surface area contributed by atoms with Gasteiger partial charge in [0.15, 0.2) is 0 Å². The quantitative estimate of drug-likeness (QED) is 0.600. The smallest absolute Gasteiger partial charge is 0.0271 e. The summed E-state index contributed by atoms with van der Waals surface area (Å²) < 4.78 is 0. The van der Waals surface area contributed by atoms with E-state index in [4.69, 9.17) is 0 Å². The number of hydrogen-bond donors (Lipinski definition) is 0. The van der Waals surface area contributed by atoms with Crippen molar-refractivity contribution in [2.24, 2.45) is 5.41 Å². The summed E-state index contributed by atoms with van der Waals surface area (Å²) in [5, 5.41) is 0. The Hall–Kier alpha value is -0.780. The van der Waals surface area contributed by atoms with Crippen LogP contribution in [0.15, 0.2) is 18.2 Å². The third kappa shape index (κ3) is 2.42. The van der Waals surface area contributed by atoms with Crippen LogP contribution in [0.4, 0.5) is 0 Å². The van der Waals surface area contributed by atoms with Crippen LogP contribution >= 0.6 is 0 Å². The zero-order valence-electron chi connectivity index (χ0n) is 10.3. The fourth-order valence-electron chi connectivity index (χ4n) is 2.45. The molecule has 0 saturated heterocycles. The van der Waals surface area contributed by atoms with Crippen molar-refractivity contribution in [3.63, 3.8) is 0 Å². The van der Waals surface area contributed by atoms with Crippen molar-refractivity contribution in [2.75, 3.05) is 0 Å². The lowest BCUT2D eigenvalue weighted by atomic mass is 9.85. The van der Waals surface area contributed by atoms with Gasteiger partial charge >= 0.3 is 0 Å². The minimum Gasteiger partial charge on any atom is -0.0613 e. The maximum atomic E-state index is 2.43. The molecule has 0 saturated carbocycles. The van der Waals surface area contributed by atoms with E-state index in [9.17, 15) is 0 Å². The van der Waals surface area contributed by atoms with Gasteiger partial charge in [-0.1, -0.05) is 39.0 Å². The van der Waals surface area contributed by atoms with Gasteiger partial charge in [-0.15, -0.1) is 0 Å². The van der Waals surface area contributed by atoms with Crippen LogP contribution in [0.1, 0.15) is 50.3 Å². The summed E-state index contributed by atoms with van der Waals surface area (Å²) in [6.45, 7) is 7.04. The second-order valence-corrected chi connectivity index (χ2v) is 5.62. The molecule has 0 aromatic heterocycles. The Balaban J connectivity index is 2.27. The van der Waals surface area contributed by atoms with Crippen LogP contribution in [-0.4, -0.2) is 0 Å². The first kappa shape index (κ1) is 10.7. The Labute approximate surface area is 93.7 Å². The van der Waals surface area contributed by atoms with E-state index in [1.165, 1.54) is 31.2 Å². The monoisotopic (exact) mass is 202 g/mol. The molecular formula is C15H22. The molecule has 0 bridgehead atoms.